The summed E-state index contributed by atoms with van der Waals surface area (Å²) in [6.45, 7) is 3.65. The van der Waals surface area contributed by atoms with Crippen molar-refractivity contribution in [2.24, 2.45) is 4.99 Å². The molecule has 200 valence electrons. The summed E-state index contributed by atoms with van der Waals surface area (Å²) in [4.78, 5) is 9.67. The lowest BCUT2D eigenvalue weighted by Crippen LogP contribution is -2.14. The summed E-state index contributed by atoms with van der Waals surface area (Å²) < 4.78 is 7.57. The number of benzene rings is 1. The molecule has 0 saturated carbocycles. The lowest BCUT2D eigenvalue weighted by atomic mass is 9.99. The van der Waals surface area contributed by atoms with Crippen LogP contribution in [0.3, 0.4) is 0 Å². The lowest BCUT2D eigenvalue weighted by Gasteiger charge is -2.15. The predicted octanol–water partition coefficient (Wildman–Crippen LogP) is 4.84. The molecule has 0 spiro atoms. The molecule has 3 aliphatic carbocycles. The topological polar surface area (TPSA) is 92.8 Å². The zero-order valence-electron chi connectivity index (χ0n) is 22.2. The first-order valence-corrected chi connectivity index (χ1v) is 14.3. The summed E-state index contributed by atoms with van der Waals surface area (Å²) in [6.07, 6.45) is 16.3. The number of aryl methyl sites for hydroxylation is 2. The van der Waals surface area contributed by atoms with Gasteiger partial charge in [-0.05, 0) is 104 Å². The van der Waals surface area contributed by atoms with Gasteiger partial charge in [-0.25, -0.2) is 14.7 Å². The second kappa shape index (κ2) is 10.7. The third-order valence-corrected chi connectivity index (χ3v) is 8.83. The maximum Gasteiger partial charge on any atom is 0.255 e. The molecule has 0 radical (unpaired) electrons. The summed E-state index contributed by atoms with van der Waals surface area (Å²) in [5.74, 6) is -0.359. The number of nitrogens with zero attached hydrogens (tertiary/aromatic N) is 4. The molecule has 0 fully saturated rings. The Labute approximate surface area is 232 Å². The van der Waals surface area contributed by atoms with Crippen LogP contribution >= 0.6 is 11.3 Å². The average Bonchev–Trinajstić information content (AvgIpc) is 3.73. The highest BCUT2D eigenvalue weighted by molar-refractivity contribution is 7.12. The summed E-state index contributed by atoms with van der Waals surface area (Å²) in [7, 11) is 0. The predicted molar refractivity (Wildman–Crippen MR) is 152 cm³/mol. The fourth-order valence-electron chi connectivity index (χ4n) is 5.54. The minimum atomic E-state index is -1.33. The van der Waals surface area contributed by atoms with Crippen molar-refractivity contribution in [1.82, 2.24) is 14.8 Å². The van der Waals surface area contributed by atoms with Crippen LogP contribution in [0.4, 0.5) is 0 Å². The van der Waals surface area contributed by atoms with Gasteiger partial charge >= 0.3 is 0 Å². The standard InChI is InChI=1S/C31H32N4O3S/c1-31(2,37)29-32-18-27(39-29)25(17-33-30(36)38-19-20-8-4-3-5-9-20)26-14-15-35(34-26)28-23-12-6-10-21(23)16-22-11-7-13-24(22)28/h4,8-9,14-18,25,30,36-37H,6-7,10-13,19H2,1-2H3/b33-17+. The normalized spacial score (nSPS) is 17.6. The molecule has 0 saturated heterocycles. The second-order valence-corrected chi connectivity index (χ2v) is 11.8. The Morgan fingerprint density at radius 3 is 2.62 bits per heavy atom. The zero-order valence-corrected chi connectivity index (χ0v) is 23.0. The van der Waals surface area contributed by atoms with Gasteiger partial charge in [-0.1, -0.05) is 17.5 Å². The van der Waals surface area contributed by atoms with Crippen LogP contribution in [0, 0.1) is 0 Å². The van der Waals surface area contributed by atoms with E-state index in [1.807, 2.05) is 23.0 Å². The molecule has 2 heterocycles. The van der Waals surface area contributed by atoms with Crippen molar-refractivity contribution in [2.75, 3.05) is 6.61 Å². The fraction of sp³-hybridized carbons (Fsp3) is 0.387. The van der Waals surface area contributed by atoms with Gasteiger partial charge in [0, 0.05) is 23.5 Å². The summed E-state index contributed by atoms with van der Waals surface area (Å²) in [5.41, 5.74) is 13.4. The fourth-order valence-corrected chi connectivity index (χ4v) is 6.53. The van der Waals surface area contributed by atoms with Gasteiger partial charge < -0.3 is 14.9 Å². The molecule has 8 heteroatoms. The van der Waals surface area contributed by atoms with Crippen LogP contribution in [0.1, 0.15) is 70.4 Å². The number of aliphatic imine (C=N–C) groups is 1. The van der Waals surface area contributed by atoms with Crippen molar-refractivity contribution in [1.29, 1.82) is 0 Å². The van der Waals surface area contributed by atoms with E-state index in [2.05, 4.69) is 27.5 Å². The smallest absolute Gasteiger partial charge is 0.255 e. The quantitative estimate of drug-likeness (QED) is 0.230. The van der Waals surface area contributed by atoms with E-state index < -0.39 is 12.0 Å². The minimum Gasteiger partial charge on any atom is -0.383 e. The number of allylic oxidation sites excluding steroid dienone is 2. The van der Waals surface area contributed by atoms with Crippen molar-refractivity contribution in [3.63, 3.8) is 0 Å². The van der Waals surface area contributed by atoms with Crippen LogP contribution in [0.5, 0.6) is 0 Å². The molecular formula is C31H32N4O3S. The summed E-state index contributed by atoms with van der Waals surface area (Å²) in [6, 6.07) is 4.44. The van der Waals surface area contributed by atoms with Crippen LogP contribution in [0.15, 0.2) is 64.8 Å². The average molecular weight is 541 g/mol. The number of ether oxygens (including phenoxy) is 1. The zero-order chi connectivity index (χ0) is 27.0. The highest BCUT2D eigenvalue weighted by Gasteiger charge is 2.28. The molecule has 2 unspecified atom stereocenters. The molecule has 6 rings (SSSR count). The molecule has 0 bridgehead atoms. The molecule has 2 atom stereocenters. The Morgan fingerprint density at radius 2 is 1.95 bits per heavy atom. The van der Waals surface area contributed by atoms with Crippen molar-refractivity contribution in [2.45, 2.75) is 70.3 Å². The second-order valence-electron chi connectivity index (χ2n) is 10.8. The Bertz CT molecular complexity index is 1530. The van der Waals surface area contributed by atoms with Gasteiger partial charge in [0.2, 0.25) is 0 Å². The maximum atomic E-state index is 10.5. The van der Waals surface area contributed by atoms with E-state index in [1.165, 1.54) is 52.1 Å². The van der Waals surface area contributed by atoms with Crippen molar-refractivity contribution in [3.05, 3.63) is 97.6 Å². The first-order valence-electron chi connectivity index (χ1n) is 13.5. The molecule has 2 N–H and O–H groups in total. The lowest BCUT2D eigenvalue weighted by molar-refractivity contribution is -0.0824. The van der Waals surface area contributed by atoms with E-state index in [0.717, 1.165) is 41.8 Å². The summed E-state index contributed by atoms with van der Waals surface area (Å²) in [5, 5.41) is 26.7. The molecule has 2 aromatic heterocycles. The number of thiazole rings is 1. The van der Waals surface area contributed by atoms with Gasteiger partial charge in [-0.3, -0.25) is 0 Å². The number of aliphatic hydroxyl groups excluding tert-OH is 1. The number of aromatic nitrogens is 3. The van der Waals surface area contributed by atoms with Crippen LogP contribution in [-0.2, 0) is 36.0 Å². The molecule has 0 aliphatic heterocycles. The van der Waals surface area contributed by atoms with E-state index in [9.17, 15) is 10.2 Å². The third kappa shape index (κ3) is 5.41. The van der Waals surface area contributed by atoms with Crippen molar-refractivity contribution < 1.29 is 14.9 Å². The first kappa shape index (κ1) is 25.9. The Hall–Kier alpha value is -3.35. The number of rotatable bonds is 9. The van der Waals surface area contributed by atoms with E-state index in [1.54, 1.807) is 38.4 Å². The number of hydrogen-bond donors (Lipinski definition) is 2. The van der Waals surface area contributed by atoms with Crippen LogP contribution < -0.4 is 0 Å². The molecule has 3 aromatic rings. The molecule has 7 nitrogen and oxygen atoms in total. The minimum absolute atomic E-state index is 0.205. The largest absolute Gasteiger partial charge is 0.383 e. The van der Waals surface area contributed by atoms with Gasteiger partial charge in [0.25, 0.3) is 6.41 Å². The number of hydrogen-bond acceptors (Lipinski definition) is 7. The SMILES string of the molecule is CC(C)(O)c1ncc(C(/C=N/C(O)OCC2=CC=C=C=C2)c2ccn(-c3c4c(cc5c3CCC5)CCC4)n2)s1. The molecule has 39 heavy (non-hydrogen) atoms. The van der Waals surface area contributed by atoms with Gasteiger partial charge in [-0.15, -0.1) is 11.3 Å². The van der Waals surface area contributed by atoms with Gasteiger partial charge in [0.1, 0.15) is 10.6 Å². The molecular weight excluding hydrogens is 508 g/mol. The van der Waals surface area contributed by atoms with Crippen LogP contribution in [-0.4, -0.2) is 44.2 Å². The molecule has 3 aliphatic rings. The Kier molecular flexibility index (Phi) is 7.08. The highest BCUT2D eigenvalue weighted by Crippen LogP contribution is 2.38. The number of aliphatic hydroxyl groups is 2. The third-order valence-electron chi connectivity index (χ3n) is 7.44. The Balaban J connectivity index is 1.31. The van der Waals surface area contributed by atoms with Gasteiger partial charge in [0.05, 0.1) is 23.9 Å². The Morgan fingerprint density at radius 1 is 1.18 bits per heavy atom. The first-order chi connectivity index (χ1) is 18.9. The number of fused-ring (bicyclic) bond motifs is 2. The van der Waals surface area contributed by atoms with Crippen LogP contribution in [0.25, 0.3) is 5.69 Å². The van der Waals surface area contributed by atoms with E-state index in [-0.39, 0.29) is 12.5 Å². The van der Waals surface area contributed by atoms with Crippen molar-refractivity contribution >= 4 is 17.6 Å². The van der Waals surface area contributed by atoms with Crippen molar-refractivity contribution in [3.8, 4) is 5.69 Å². The van der Waals surface area contributed by atoms with Gasteiger partial charge in [0.15, 0.2) is 0 Å². The summed E-state index contributed by atoms with van der Waals surface area (Å²) >= 11 is 1.42. The van der Waals surface area contributed by atoms with Crippen LogP contribution in [0.2, 0.25) is 0 Å². The van der Waals surface area contributed by atoms with E-state index >= 15 is 0 Å². The molecule has 0 amide bonds. The van der Waals surface area contributed by atoms with Gasteiger partial charge in [-0.2, -0.15) is 5.10 Å². The highest BCUT2D eigenvalue weighted by atomic mass is 32.1. The van der Waals surface area contributed by atoms with E-state index in [4.69, 9.17) is 9.84 Å². The monoisotopic (exact) mass is 540 g/mol. The van der Waals surface area contributed by atoms with E-state index in [0.29, 0.717) is 5.01 Å². The molecule has 1 aromatic carbocycles. The maximum absolute atomic E-state index is 10.5.